The van der Waals surface area contributed by atoms with Crippen molar-refractivity contribution in [2.75, 3.05) is 19.6 Å². The average molecular weight is 320 g/mol. The van der Waals surface area contributed by atoms with Crippen LogP contribution >= 0.6 is 0 Å². The second-order valence-electron chi connectivity index (χ2n) is 7.22. The van der Waals surface area contributed by atoms with Gasteiger partial charge in [0.25, 0.3) is 0 Å². The van der Waals surface area contributed by atoms with Crippen LogP contribution in [0.4, 0.5) is 4.79 Å². The second-order valence-corrected chi connectivity index (χ2v) is 7.22. The molecule has 5 heteroatoms. The van der Waals surface area contributed by atoms with Gasteiger partial charge in [0.15, 0.2) is 0 Å². The molecule has 0 saturated carbocycles. The van der Waals surface area contributed by atoms with Gasteiger partial charge in [-0.15, -0.1) is 0 Å². The minimum absolute atomic E-state index is 0.0278. The number of rotatable bonds is 4. The van der Waals surface area contributed by atoms with E-state index in [1.807, 2.05) is 39.0 Å². The van der Waals surface area contributed by atoms with E-state index in [2.05, 4.69) is 22.3 Å². The Morgan fingerprint density at radius 2 is 2.04 bits per heavy atom. The number of hydrogen-bond donors (Lipinski definition) is 2. The zero-order valence-electron chi connectivity index (χ0n) is 14.3. The van der Waals surface area contributed by atoms with Crippen LogP contribution in [0.15, 0.2) is 30.3 Å². The van der Waals surface area contributed by atoms with E-state index in [1.54, 1.807) is 0 Å². The molecule has 0 bridgehead atoms. The molecular formula is C18H28N2O3. The highest BCUT2D eigenvalue weighted by Crippen LogP contribution is 2.19. The molecule has 2 atom stereocenters. The fourth-order valence-corrected chi connectivity index (χ4v) is 2.81. The molecule has 2 unspecified atom stereocenters. The number of amides is 1. The summed E-state index contributed by atoms with van der Waals surface area (Å²) in [5.74, 6) is 0.0278. The van der Waals surface area contributed by atoms with E-state index in [-0.39, 0.29) is 12.0 Å². The molecule has 1 saturated heterocycles. The Hall–Kier alpha value is -1.59. The number of aliphatic hydroxyl groups is 1. The van der Waals surface area contributed by atoms with E-state index < -0.39 is 11.7 Å². The molecule has 1 aliphatic heterocycles. The Morgan fingerprint density at radius 1 is 1.35 bits per heavy atom. The van der Waals surface area contributed by atoms with Crippen LogP contribution in [-0.4, -0.2) is 47.4 Å². The number of aliphatic hydroxyl groups excluding tert-OH is 1. The normalized spacial score (nSPS) is 22.6. The van der Waals surface area contributed by atoms with Gasteiger partial charge in [-0.2, -0.15) is 0 Å². The van der Waals surface area contributed by atoms with Crippen molar-refractivity contribution in [2.24, 2.45) is 5.92 Å². The van der Waals surface area contributed by atoms with Crippen molar-refractivity contribution in [2.45, 2.75) is 45.4 Å². The van der Waals surface area contributed by atoms with Crippen LogP contribution in [0.25, 0.3) is 0 Å². The number of carbonyl (C=O) groups is 1. The zero-order valence-corrected chi connectivity index (χ0v) is 14.3. The molecule has 0 aromatic heterocycles. The van der Waals surface area contributed by atoms with Gasteiger partial charge in [0.2, 0.25) is 0 Å². The smallest absolute Gasteiger partial charge is 0.407 e. The van der Waals surface area contributed by atoms with Crippen LogP contribution in [0.2, 0.25) is 0 Å². The van der Waals surface area contributed by atoms with Gasteiger partial charge in [0, 0.05) is 32.1 Å². The molecular weight excluding hydrogens is 292 g/mol. The number of nitrogens with one attached hydrogen (secondary N) is 1. The van der Waals surface area contributed by atoms with Crippen molar-refractivity contribution in [3.63, 3.8) is 0 Å². The van der Waals surface area contributed by atoms with E-state index in [9.17, 15) is 9.90 Å². The Labute approximate surface area is 138 Å². The Balaban J connectivity index is 1.82. The summed E-state index contributed by atoms with van der Waals surface area (Å²) >= 11 is 0. The molecule has 23 heavy (non-hydrogen) atoms. The van der Waals surface area contributed by atoms with Gasteiger partial charge in [0.05, 0.1) is 6.10 Å². The summed E-state index contributed by atoms with van der Waals surface area (Å²) in [5, 5.41) is 13.0. The summed E-state index contributed by atoms with van der Waals surface area (Å²) in [6.07, 6.45) is -0.0742. The third-order valence-electron chi connectivity index (χ3n) is 3.93. The lowest BCUT2D eigenvalue weighted by molar-refractivity contribution is 0.0189. The first-order chi connectivity index (χ1) is 10.8. The predicted molar refractivity (Wildman–Crippen MR) is 90.1 cm³/mol. The number of nitrogens with zero attached hydrogens (tertiary/aromatic N) is 1. The molecule has 2 rings (SSSR count). The van der Waals surface area contributed by atoms with Crippen molar-refractivity contribution in [1.29, 1.82) is 0 Å². The van der Waals surface area contributed by atoms with Crippen molar-refractivity contribution in [3.8, 4) is 0 Å². The maximum atomic E-state index is 11.8. The highest BCUT2D eigenvalue weighted by Gasteiger charge is 2.28. The van der Waals surface area contributed by atoms with Crippen molar-refractivity contribution >= 4 is 6.09 Å². The van der Waals surface area contributed by atoms with Gasteiger partial charge in [-0.25, -0.2) is 4.79 Å². The maximum Gasteiger partial charge on any atom is 0.407 e. The second kappa shape index (κ2) is 7.79. The minimum atomic E-state index is -0.505. The fraction of sp³-hybridized carbons (Fsp3) is 0.611. The molecule has 1 aliphatic rings. The Morgan fingerprint density at radius 3 is 2.70 bits per heavy atom. The summed E-state index contributed by atoms with van der Waals surface area (Å²) in [6, 6.07) is 10.3. The van der Waals surface area contributed by atoms with E-state index in [0.717, 1.165) is 26.1 Å². The van der Waals surface area contributed by atoms with Gasteiger partial charge in [0.1, 0.15) is 5.60 Å². The number of benzene rings is 1. The summed E-state index contributed by atoms with van der Waals surface area (Å²) in [6.45, 7) is 8.46. The predicted octanol–water partition coefficient (Wildman–Crippen LogP) is 2.39. The largest absolute Gasteiger partial charge is 0.444 e. The molecule has 1 amide bonds. The number of carbonyl (C=O) groups excluding carboxylic acids is 1. The van der Waals surface area contributed by atoms with Crippen molar-refractivity contribution in [3.05, 3.63) is 35.9 Å². The lowest BCUT2D eigenvalue weighted by atomic mass is 9.94. The topological polar surface area (TPSA) is 61.8 Å². The minimum Gasteiger partial charge on any atom is -0.444 e. The summed E-state index contributed by atoms with van der Waals surface area (Å²) in [4.78, 5) is 14.1. The fourth-order valence-electron chi connectivity index (χ4n) is 2.81. The van der Waals surface area contributed by atoms with Crippen molar-refractivity contribution in [1.82, 2.24) is 10.2 Å². The van der Waals surface area contributed by atoms with Crippen LogP contribution in [-0.2, 0) is 11.3 Å². The Bertz CT molecular complexity index is 499. The van der Waals surface area contributed by atoms with E-state index in [4.69, 9.17) is 4.74 Å². The lowest BCUT2D eigenvalue weighted by Crippen LogP contribution is -2.48. The highest BCUT2D eigenvalue weighted by atomic mass is 16.6. The molecule has 1 heterocycles. The first kappa shape index (κ1) is 17.8. The molecule has 128 valence electrons. The van der Waals surface area contributed by atoms with E-state index >= 15 is 0 Å². The number of alkyl carbamates (subject to hydrolysis) is 1. The first-order valence-electron chi connectivity index (χ1n) is 8.25. The van der Waals surface area contributed by atoms with Gasteiger partial charge in [-0.05, 0) is 32.8 Å². The quantitative estimate of drug-likeness (QED) is 0.894. The third-order valence-corrected chi connectivity index (χ3v) is 3.93. The van der Waals surface area contributed by atoms with Crippen LogP contribution < -0.4 is 5.32 Å². The third kappa shape index (κ3) is 6.20. The van der Waals surface area contributed by atoms with Crippen LogP contribution in [0.5, 0.6) is 0 Å². The molecule has 1 aromatic rings. The van der Waals surface area contributed by atoms with Crippen LogP contribution in [0.3, 0.4) is 0 Å². The molecule has 0 radical (unpaired) electrons. The number of piperidine rings is 1. The molecule has 5 nitrogen and oxygen atoms in total. The summed E-state index contributed by atoms with van der Waals surface area (Å²) in [5.41, 5.74) is 0.761. The van der Waals surface area contributed by atoms with E-state index in [0.29, 0.717) is 6.54 Å². The van der Waals surface area contributed by atoms with Gasteiger partial charge in [-0.1, -0.05) is 30.3 Å². The standard InChI is InChI=1S/C18H28N2O3/c1-18(2,3)23-17(22)19-11-15-13-20(10-9-16(15)21)12-14-7-5-4-6-8-14/h4-8,15-16,21H,9-13H2,1-3H3,(H,19,22). The number of hydrogen-bond acceptors (Lipinski definition) is 4. The van der Waals surface area contributed by atoms with E-state index in [1.165, 1.54) is 5.56 Å². The Kier molecular flexibility index (Phi) is 6.02. The van der Waals surface area contributed by atoms with Gasteiger partial charge in [-0.3, -0.25) is 4.90 Å². The summed E-state index contributed by atoms with van der Waals surface area (Å²) in [7, 11) is 0. The molecule has 0 aliphatic carbocycles. The van der Waals surface area contributed by atoms with Gasteiger partial charge < -0.3 is 15.2 Å². The average Bonchev–Trinajstić information content (AvgIpc) is 2.47. The molecule has 1 fully saturated rings. The zero-order chi connectivity index (χ0) is 16.9. The SMILES string of the molecule is CC(C)(C)OC(=O)NCC1CN(Cc2ccccc2)CCC1O. The molecule has 0 spiro atoms. The highest BCUT2D eigenvalue weighted by molar-refractivity contribution is 5.67. The van der Waals surface area contributed by atoms with Crippen LogP contribution in [0, 0.1) is 5.92 Å². The van der Waals surface area contributed by atoms with Crippen LogP contribution in [0.1, 0.15) is 32.8 Å². The summed E-state index contributed by atoms with van der Waals surface area (Å²) < 4.78 is 5.24. The number of ether oxygens (including phenoxy) is 1. The monoisotopic (exact) mass is 320 g/mol. The molecule has 2 N–H and O–H groups in total. The first-order valence-corrected chi connectivity index (χ1v) is 8.25. The van der Waals surface area contributed by atoms with Crippen molar-refractivity contribution < 1.29 is 14.6 Å². The maximum absolute atomic E-state index is 11.8. The lowest BCUT2D eigenvalue weighted by Gasteiger charge is -2.36. The van der Waals surface area contributed by atoms with Gasteiger partial charge >= 0.3 is 6.09 Å². The molecule has 1 aromatic carbocycles. The number of likely N-dealkylation sites (tertiary alicyclic amines) is 1.